The average Bonchev–Trinajstić information content (AvgIpc) is 3.02. The Bertz CT molecular complexity index is 1000. The van der Waals surface area contributed by atoms with E-state index in [9.17, 15) is 19.2 Å². The van der Waals surface area contributed by atoms with Gasteiger partial charge in [-0.2, -0.15) is 0 Å². The summed E-state index contributed by atoms with van der Waals surface area (Å²) in [5, 5.41) is 0. The van der Waals surface area contributed by atoms with Gasteiger partial charge in [0.25, 0.3) is 0 Å². The molecule has 230 valence electrons. The Morgan fingerprint density at radius 2 is 0.929 bits per heavy atom. The fourth-order valence-corrected chi connectivity index (χ4v) is 9.96. The minimum atomic E-state index is 0.405. The zero-order chi connectivity index (χ0) is 29.6. The molecular weight excluding hydrogens is 528 g/mol. The molecule has 0 aliphatic heterocycles. The monoisotopic (exact) mass is 578 g/mol. The third kappa shape index (κ3) is 9.26. The van der Waals surface area contributed by atoms with Crippen molar-refractivity contribution in [2.75, 3.05) is 26.2 Å². The Morgan fingerprint density at radius 1 is 0.452 bits per heavy atom. The second-order valence-corrected chi connectivity index (χ2v) is 14.0. The first-order valence-electron chi connectivity index (χ1n) is 16.8. The highest BCUT2D eigenvalue weighted by Gasteiger charge is 2.44. The van der Waals surface area contributed by atoms with Crippen LogP contribution in [-0.4, -0.2) is 50.5 Å². The van der Waals surface area contributed by atoms with Crippen LogP contribution in [0.3, 0.4) is 0 Å². The first-order chi connectivity index (χ1) is 20.7. The highest BCUT2D eigenvalue weighted by Crippen LogP contribution is 2.52. The Kier molecular flexibility index (Phi) is 13.6. The van der Waals surface area contributed by atoms with E-state index in [0.29, 0.717) is 85.4 Å². The summed E-state index contributed by atoms with van der Waals surface area (Å²) in [4.78, 5) is 59.8. The van der Waals surface area contributed by atoms with Gasteiger partial charge < -0.3 is 0 Å². The Balaban J connectivity index is 1.56. The predicted octanol–water partition coefficient (Wildman–Crippen LogP) is 6.79. The molecule has 9 unspecified atom stereocenters. The smallest absolute Gasteiger partial charge is 0.211 e. The normalized spacial score (nSPS) is 35.8. The van der Waals surface area contributed by atoms with Crippen LogP contribution in [0.5, 0.6) is 0 Å². The highest BCUT2D eigenvalue weighted by atomic mass is 16.1. The number of isocyanates is 4. The first kappa shape index (κ1) is 32.4. The lowest BCUT2D eigenvalue weighted by Gasteiger charge is -2.49. The van der Waals surface area contributed by atoms with Crippen LogP contribution in [0.2, 0.25) is 0 Å². The minimum Gasteiger partial charge on any atom is -0.211 e. The van der Waals surface area contributed by atoms with Crippen molar-refractivity contribution in [3.05, 3.63) is 0 Å². The van der Waals surface area contributed by atoms with E-state index < -0.39 is 0 Å². The van der Waals surface area contributed by atoms with Crippen molar-refractivity contribution in [3.8, 4) is 0 Å². The summed E-state index contributed by atoms with van der Waals surface area (Å²) in [5.41, 5.74) is 0. The fourth-order valence-electron chi connectivity index (χ4n) is 9.96. The van der Waals surface area contributed by atoms with E-state index in [2.05, 4.69) is 20.0 Å². The molecule has 0 N–H and O–H groups in total. The second-order valence-electron chi connectivity index (χ2n) is 14.0. The van der Waals surface area contributed by atoms with Gasteiger partial charge in [-0.1, -0.05) is 44.9 Å². The van der Waals surface area contributed by atoms with Crippen molar-refractivity contribution >= 4 is 24.3 Å². The molecule has 0 aromatic heterocycles. The SMILES string of the molecule is O=C=NCC1CCCC(C(C2CCCC(CN=C=O)C2)C2CCC(CN=C=O)C(CC3CCCCC3CN=C=O)C2)C1. The van der Waals surface area contributed by atoms with E-state index in [1.807, 2.05) is 0 Å². The Hall–Kier alpha value is -2.48. The van der Waals surface area contributed by atoms with Gasteiger partial charge in [0.15, 0.2) is 0 Å². The van der Waals surface area contributed by atoms with Crippen LogP contribution in [0.25, 0.3) is 0 Å². The van der Waals surface area contributed by atoms with Gasteiger partial charge in [-0.15, -0.1) is 0 Å². The summed E-state index contributed by atoms with van der Waals surface area (Å²) in [6, 6.07) is 0. The predicted molar refractivity (Wildman–Crippen MR) is 161 cm³/mol. The van der Waals surface area contributed by atoms with Crippen LogP contribution in [-0.2, 0) is 19.2 Å². The van der Waals surface area contributed by atoms with Crippen molar-refractivity contribution in [3.63, 3.8) is 0 Å². The van der Waals surface area contributed by atoms with Crippen LogP contribution in [0.1, 0.15) is 103 Å². The van der Waals surface area contributed by atoms with E-state index in [4.69, 9.17) is 0 Å². The summed E-state index contributed by atoms with van der Waals surface area (Å²) in [6.45, 7) is 2.35. The number of aliphatic imine (C=N–C) groups is 4. The summed E-state index contributed by atoms with van der Waals surface area (Å²) in [7, 11) is 0. The van der Waals surface area contributed by atoms with Crippen LogP contribution in [0, 0.1) is 59.2 Å². The maximum atomic E-state index is 11.1. The molecule has 0 spiro atoms. The third-order valence-corrected chi connectivity index (χ3v) is 11.7. The van der Waals surface area contributed by atoms with E-state index in [1.165, 1.54) is 57.8 Å². The standard InChI is InChI=1S/C34H50N4O4/c39-21-35-17-25-5-3-9-28(13-25)34(29-10-4-6-26(14-29)18-36-22-40)30-11-12-32(20-38-24-42)33(16-30)15-27-7-1-2-8-31(27)19-37-23-41/h25-34H,1-20H2. The van der Waals surface area contributed by atoms with Gasteiger partial charge in [-0.25, -0.2) is 39.1 Å². The molecule has 0 radical (unpaired) electrons. The van der Waals surface area contributed by atoms with Crippen LogP contribution in [0.4, 0.5) is 0 Å². The summed E-state index contributed by atoms with van der Waals surface area (Å²) in [5.74, 6) is 5.34. The van der Waals surface area contributed by atoms with Crippen LogP contribution < -0.4 is 0 Å². The number of nitrogens with zero attached hydrogens (tertiary/aromatic N) is 4. The molecule has 9 atom stereocenters. The second kappa shape index (κ2) is 17.6. The van der Waals surface area contributed by atoms with Crippen molar-refractivity contribution in [1.82, 2.24) is 0 Å². The van der Waals surface area contributed by atoms with Gasteiger partial charge in [-0.05, 0) is 117 Å². The first-order valence-corrected chi connectivity index (χ1v) is 16.8. The topological polar surface area (TPSA) is 118 Å². The minimum absolute atomic E-state index is 0.405. The van der Waals surface area contributed by atoms with Gasteiger partial charge in [0.1, 0.15) is 0 Å². The van der Waals surface area contributed by atoms with E-state index in [-0.39, 0.29) is 0 Å². The van der Waals surface area contributed by atoms with Gasteiger partial charge in [0.2, 0.25) is 24.3 Å². The molecule has 4 fully saturated rings. The molecule has 8 nitrogen and oxygen atoms in total. The molecule has 4 rings (SSSR count). The lowest BCUT2D eigenvalue weighted by molar-refractivity contribution is 0.0139. The lowest BCUT2D eigenvalue weighted by Crippen LogP contribution is -2.41. The third-order valence-electron chi connectivity index (χ3n) is 11.7. The molecule has 0 bridgehead atoms. The van der Waals surface area contributed by atoms with Crippen molar-refractivity contribution in [1.29, 1.82) is 0 Å². The Morgan fingerprint density at radius 3 is 1.48 bits per heavy atom. The molecule has 0 aromatic rings. The number of carbonyl (C=O) groups excluding carboxylic acids is 4. The van der Waals surface area contributed by atoms with Gasteiger partial charge >= 0.3 is 0 Å². The van der Waals surface area contributed by atoms with Gasteiger partial charge in [-0.3, -0.25) is 0 Å². The molecule has 42 heavy (non-hydrogen) atoms. The van der Waals surface area contributed by atoms with Crippen molar-refractivity contribution in [2.45, 2.75) is 103 Å². The Labute approximate surface area is 251 Å². The zero-order valence-corrected chi connectivity index (χ0v) is 25.3. The molecule has 4 aliphatic rings. The maximum absolute atomic E-state index is 11.1. The van der Waals surface area contributed by atoms with Gasteiger partial charge in [0.05, 0.1) is 26.2 Å². The molecule has 0 saturated heterocycles. The molecule has 4 saturated carbocycles. The molecule has 0 aromatic carbocycles. The fraction of sp³-hybridized carbons (Fsp3) is 0.882. The maximum Gasteiger partial charge on any atom is 0.234 e. The lowest BCUT2D eigenvalue weighted by atomic mass is 9.57. The summed E-state index contributed by atoms with van der Waals surface area (Å²) < 4.78 is 0. The quantitative estimate of drug-likeness (QED) is 0.177. The number of hydrogen-bond donors (Lipinski definition) is 0. The molecule has 4 aliphatic carbocycles. The van der Waals surface area contributed by atoms with E-state index in [1.54, 1.807) is 24.3 Å². The molecular formula is C34H50N4O4. The largest absolute Gasteiger partial charge is 0.234 e. The number of hydrogen-bond acceptors (Lipinski definition) is 8. The van der Waals surface area contributed by atoms with Crippen molar-refractivity contribution in [2.24, 2.45) is 79.1 Å². The van der Waals surface area contributed by atoms with Crippen LogP contribution in [0.15, 0.2) is 20.0 Å². The van der Waals surface area contributed by atoms with Crippen molar-refractivity contribution < 1.29 is 19.2 Å². The molecule has 0 amide bonds. The highest BCUT2D eigenvalue weighted by molar-refractivity contribution is 5.33. The average molecular weight is 579 g/mol. The van der Waals surface area contributed by atoms with Crippen LogP contribution >= 0.6 is 0 Å². The van der Waals surface area contributed by atoms with E-state index >= 15 is 0 Å². The summed E-state index contributed by atoms with van der Waals surface area (Å²) in [6.07, 6.45) is 25.9. The molecule has 8 heteroatoms. The van der Waals surface area contributed by atoms with E-state index in [0.717, 1.165) is 44.9 Å². The zero-order valence-electron chi connectivity index (χ0n) is 25.3. The molecule has 0 heterocycles. The van der Waals surface area contributed by atoms with Gasteiger partial charge in [0, 0.05) is 0 Å². The summed E-state index contributed by atoms with van der Waals surface area (Å²) >= 11 is 0. The number of rotatable bonds is 13.